The Morgan fingerprint density at radius 2 is 1.93 bits per heavy atom. The first-order valence-corrected chi connectivity index (χ1v) is 9.76. The number of hydrogen-bond donors (Lipinski definition) is 2. The van der Waals surface area contributed by atoms with E-state index in [2.05, 4.69) is 20.6 Å². The van der Waals surface area contributed by atoms with Crippen molar-refractivity contribution in [2.45, 2.75) is 33.4 Å². The van der Waals surface area contributed by atoms with Crippen LogP contribution >= 0.6 is 35.6 Å². The van der Waals surface area contributed by atoms with Gasteiger partial charge < -0.3 is 20.3 Å². The van der Waals surface area contributed by atoms with Gasteiger partial charge in [-0.05, 0) is 26.8 Å². The first-order valence-electron chi connectivity index (χ1n) is 9.38. The fourth-order valence-corrected chi connectivity index (χ4v) is 2.56. The maximum absolute atomic E-state index is 12.6. The summed E-state index contributed by atoms with van der Waals surface area (Å²) in [6.45, 7) is 8.46. The summed E-state index contributed by atoms with van der Waals surface area (Å²) in [6, 6.07) is 0.774. The van der Waals surface area contributed by atoms with Crippen LogP contribution in [-0.2, 0) is 11.0 Å². The van der Waals surface area contributed by atoms with E-state index in [0.717, 1.165) is 6.07 Å². The molecule has 0 atom stereocenters. The highest BCUT2D eigenvalue weighted by Crippen LogP contribution is 2.32. The van der Waals surface area contributed by atoms with E-state index in [1.807, 2.05) is 20.8 Å². The molecule has 0 bridgehead atoms. The van der Waals surface area contributed by atoms with E-state index < -0.39 is 11.7 Å². The molecular formula is C18H28ClF3IN5O2. The number of amides is 1. The Balaban J connectivity index is 0.00000841. The van der Waals surface area contributed by atoms with Crippen molar-refractivity contribution >= 4 is 47.4 Å². The predicted molar refractivity (Wildman–Crippen MR) is 122 cm³/mol. The van der Waals surface area contributed by atoms with Crippen molar-refractivity contribution in [1.82, 2.24) is 20.5 Å². The van der Waals surface area contributed by atoms with Gasteiger partial charge in [0.1, 0.15) is 11.6 Å². The van der Waals surface area contributed by atoms with Crippen LogP contribution in [0.25, 0.3) is 0 Å². The molecule has 0 unspecified atom stereocenters. The number of nitrogens with one attached hydrogen (secondary N) is 2. The number of aliphatic imine (C=N–C) groups is 1. The molecule has 7 nitrogen and oxygen atoms in total. The van der Waals surface area contributed by atoms with Gasteiger partial charge in [0.05, 0.1) is 18.7 Å². The van der Waals surface area contributed by atoms with Gasteiger partial charge in [0.25, 0.3) is 0 Å². The molecule has 0 aromatic carbocycles. The van der Waals surface area contributed by atoms with Crippen LogP contribution in [0, 0.1) is 0 Å². The Morgan fingerprint density at radius 3 is 2.47 bits per heavy atom. The Kier molecular flexibility index (Phi) is 13.8. The largest absolute Gasteiger partial charge is 0.475 e. The lowest BCUT2D eigenvalue weighted by molar-refractivity contribution is -0.137. The second-order valence-electron chi connectivity index (χ2n) is 5.86. The van der Waals surface area contributed by atoms with Gasteiger partial charge in [0.2, 0.25) is 11.8 Å². The quantitative estimate of drug-likeness (QED) is 0.196. The van der Waals surface area contributed by atoms with Crippen molar-refractivity contribution in [3.63, 3.8) is 0 Å². The van der Waals surface area contributed by atoms with Gasteiger partial charge in [-0.2, -0.15) is 13.2 Å². The Bertz CT molecular complexity index is 688. The van der Waals surface area contributed by atoms with Crippen molar-refractivity contribution in [2.75, 3.05) is 39.3 Å². The van der Waals surface area contributed by atoms with Gasteiger partial charge in [-0.3, -0.25) is 9.79 Å². The third kappa shape index (κ3) is 10.0. The van der Waals surface area contributed by atoms with Gasteiger partial charge >= 0.3 is 6.18 Å². The first-order chi connectivity index (χ1) is 13.7. The molecule has 0 aliphatic rings. The van der Waals surface area contributed by atoms with Crippen molar-refractivity contribution in [1.29, 1.82) is 0 Å². The molecule has 1 aromatic heterocycles. The number of ether oxygens (including phenoxy) is 1. The lowest BCUT2D eigenvalue weighted by atomic mass is 10.3. The Labute approximate surface area is 196 Å². The summed E-state index contributed by atoms with van der Waals surface area (Å²) in [6.07, 6.45) is -3.53. The van der Waals surface area contributed by atoms with Crippen LogP contribution in [0.2, 0.25) is 5.02 Å². The topological polar surface area (TPSA) is 78.9 Å². The lowest BCUT2D eigenvalue weighted by Gasteiger charge is -2.18. The van der Waals surface area contributed by atoms with Crippen molar-refractivity contribution < 1.29 is 22.7 Å². The molecule has 0 radical (unpaired) electrons. The maximum atomic E-state index is 12.6. The third-order valence-corrected chi connectivity index (χ3v) is 4.09. The van der Waals surface area contributed by atoms with E-state index in [9.17, 15) is 18.0 Å². The molecular weight excluding hydrogens is 538 g/mol. The van der Waals surface area contributed by atoms with Crippen LogP contribution in [0.5, 0.6) is 5.88 Å². The van der Waals surface area contributed by atoms with E-state index in [0.29, 0.717) is 51.3 Å². The number of nitrogens with zero attached hydrogens (tertiary/aromatic N) is 3. The molecule has 1 rings (SSSR count). The number of carbonyl (C=O) groups is 1. The van der Waals surface area contributed by atoms with E-state index in [4.69, 9.17) is 16.3 Å². The molecule has 1 heterocycles. The summed E-state index contributed by atoms with van der Waals surface area (Å²) in [5, 5.41) is 5.84. The molecule has 1 aromatic rings. The van der Waals surface area contributed by atoms with Crippen molar-refractivity contribution in [2.24, 2.45) is 4.99 Å². The molecule has 0 fully saturated rings. The van der Waals surface area contributed by atoms with Gasteiger partial charge in [-0.1, -0.05) is 11.6 Å². The SMILES string of the molecule is CCNC(=NCCC(=O)N(CC)CC)NCCOc1ncc(C(F)(F)F)cc1Cl.I. The summed E-state index contributed by atoms with van der Waals surface area (Å²) in [7, 11) is 0. The smallest absolute Gasteiger partial charge is 0.417 e. The number of rotatable bonds is 10. The summed E-state index contributed by atoms with van der Waals surface area (Å²) in [5.74, 6) is 0.476. The summed E-state index contributed by atoms with van der Waals surface area (Å²) in [5.41, 5.74) is -0.936. The third-order valence-electron chi connectivity index (χ3n) is 3.82. The highest BCUT2D eigenvalue weighted by Gasteiger charge is 2.31. The lowest BCUT2D eigenvalue weighted by Crippen LogP contribution is -2.39. The zero-order valence-electron chi connectivity index (χ0n) is 17.2. The van der Waals surface area contributed by atoms with Crippen LogP contribution in [0.4, 0.5) is 13.2 Å². The zero-order valence-corrected chi connectivity index (χ0v) is 20.3. The van der Waals surface area contributed by atoms with Crippen LogP contribution in [0.15, 0.2) is 17.3 Å². The maximum Gasteiger partial charge on any atom is 0.417 e. The summed E-state index contributed by atoms with van der Waals surface area (Å²) >= 11 is 5.79. The molecule has 0 saturated carbocycles. The number of hydrogen-bond acceptors (Lipinski definition) is 4. The van der Waals surface area contributed by atoms with Gasteiger partial charge in [-0.25, -0.2) is 4.98 Å². The average Bonchev–Trinajstić information content (AvgIpc) is 2.66. The Morgan fingerprint density at radius 1 is 1.27 bits per heavy atom. The number of pyridine rings is 1. The molecule has 12 heteroatoms. The molecule has 30 heavy (non-hydrogen) atoms. The van der Waals surface area contributed by atoms with Crippen LogP contribution < -0.4 is 15.4 Å². The summed E-state index contributed by atoms with van der Waals surface area (Å²) < 4.78 is 43.2. The standard InChI is InChI=1S/C18H27ClF3N5O2.HI/c1-4-23-17(24-8-7-15(28)27(5-2)6-3)25-9-10-29-16-14(19)11-13(12-26-16)18(20,21)22;/h11-12H,4-10H2,1-3H3,(H2,23,24,25);1H. The second-order valence-corrected chi connectivity index (χ2v) is 6.27. The highest BCUT2D eigenvalue weighted by molar-refractivity contribution is 14.0. The minimum absolute atomic E-state index is 0. The monoisotopic (exact) mass is 565 g/mol. The van der Waals surface area contributed by atoms with E-state index in [1.165, 1.54) is 0 Å². The molecule has 0 aliphatic carbocycles. The van der Waals surface area contributed by atoms with E-state index in [1.54, 1.807) is 4.90 Å². The number of guanidine groups is 1. The zero-order chi connectivity index (χ0) is 21.9. The van der Waals surface area contributed by atoms with Crippen LogP contribution in [0.1, 0.15) is 32.8 Å². The molecule has 0 aliphatic heterocycles. The molecule has 2 N–H and O–H groups in total. The number of aromatic nitrogens is 1. The van der Waals surface area contributed by atoms with E-state index >= 15 is 0 Å². The number of carbonyl (C=O) groups excluding carboxylic acids is 1. The molecule has 172 valence electrons. The van der Waals surface area contributed by atoms with Crippen molar-refractivity contribution in [3.05, 3.63) is 22.8 Å². The normalized spacial score (nSPS) is 11.5. The number of halogens is 5. The van der Waals surface area contributed by atoms with Crippen LogP contribution in [-0.4, -0.2) is 61.1 Å². The average molecular weight is 566 g/mol. The van der Waals surface area contributed by atoms with Crippen molar-refractivity contribution in [3.8, 4) is 5.88 Å². The summed E-state index contributed by atoms with van der Waals surface area (Å²) in [4.78, 5) is 21.7. The molecule has 1 amide bonds. The second kappa shape index (κ2) is 14.5. The van der Waals surface area contributed by atoms with E-state index in [-0.39, 0.29) is 47.4 Å². The van der Waals surface area contributed by atoms with Gasteiger partial charge in [-0.15, -0.1) is 24.0 Å². The van der Waals surface area contributed by atoms with Crippen LogP contribution in [0.3, 0.4) is 0 Å². The fourth-order valence-electron chi connectivity index (χ4n) is 2.34. The molecule has 0 spiro atoms. The minimum atomic E-state index is -4.51. The molecule has 0 saturated heterocycles. The van der Waals surface area contributed by atoms with Gasteiger partial charge in [0, 0.05) is 32.3 Å². The number of alkyl halides is 3. The van der Waals surface area contributed by atoms with Gasteiger partial charge in [0.15, 0.2) is 5.96 Å². The predicted octanol–water partition coefficient (Wildman–Crippen LogP) is 3.56. The Hall–Kier alpha value is -1.50. The fraction of sp³-hybridized carbons (Fsp3) is 0.611. The minimum Gasteiger partial charge on any atom is -0.475 e. The first kappa shape index (κ1) is 28.5. The highest BCUT2D eigenvalue weighted by atomic mass is 127.